The van der Waals surface area contributed by atoms with E-state index in [0.29, 0.717) is 21.5 Å². The summed E-state index contributed by atoms with van der Waals surface area (Å²) in [4.78, 5) is 41.6. The molecule has 2 heterocycles. The number of aromatic nitrogens is 2. The van der Waals surface area contributed by atoms with Gasteiger partial charge in [0, 0.05) is 29.3 Å². The van der Waals surface area contributed by atoms with Gasteiger partial charge in [0.2, 0.25) is 5.91 Å². The number of carbonyl (C=O) groups excluding carboxylic acids is 1. The zero-order valence-corrected chi connectivity index (χ0v) is 14.2. The molecule has 0 aliphatic carbocycles. The number of nitrogens with one attached hydrogen (secondary N) is 2. The van der Waals surface area contributed by atoms with Gasteiger partial charge in [0.15, 0.2) is 0 Å². The third kappa shape index (κ3) is 3.89. The molecule has 0 bridgehead atoms. The van der Waals surface area contributed by atoms with E-state index < -0.39 is 11.5 Å². The number of carboxylic acids is 1. The highest BCUT2D eigenvalue weighted by atomic mass is 35.5. The predicted octanol–water partition coefficient (Wildman–Crippen LogP) is 2.13. The second-order valence-corrected chi connectivity index (χ2v) is 6.10. The highest BCUT2D eigenvalue weighted by Gasteiger charge is 2.13. The number of amides is 1. The standard InChI is InChI=1S/C18H14ClN3O4/c19-13-5-11-7-14(18(25)26)17(24)22-16(11)12(6-13)9-21-15(23)4-10-2-1-3-20-8-10/h1-3,5-8H,4,9H2,(H,21,23)(H,22,24)(H,25,26). The number of H-pyrrole nitrogens is 1. The molecule has 0 saturated heterocycles. The number of pyridine rings is 2. The first kappa shape index (κ1) is 17.6. The van der Waals surface area contributed by atoms with Gasteiger partial charge in [-0.05, 0) is 35.4 Å². The summed E-state index contributed by atoms with van der Waals surface area (Å²) >= 11 is 6.08. The lowest BCUT2D eigenvalue weighted by Gasteiger charge is -2.10. The zero-order chi connectivity index (χ0) is 18.7. The van der Waals surface area contributed by atoms with Crippen molar-refractivity contribution >= 4 is 34.4 Å². The topological polar surface area (TPSA) is 112 Å². The molecule has 0 radical (unpaired) electrons. The fourth-order valence-corrected chi connectivity index (χ4v) is 2.85. The van der Waals surface area contributed by atoms with Gasteiger partial charge in [0.1, 0.15) is 5.56 Å². The van der Waals surface area contributed by atoms with Gasteiger partial charge in [-0.2, -0.15) is 0 Å². The van der Waals surface area contributed by atoms with Gasteiger partial charge >= 0.3 is 5.97 Å². The van der Waals surface area contributed by atoms with E-state index in [1.165, 1.54) is 6.07 Å². The Hall–Kier alpha value is -3.19. The Morgan fingerprint density at radius 3 is 2.77 bits per heavy atom. The van der Waals surface area contributed by atoms with E-state index in [1.54, 1.807) is 36.7 Å². The molecular weight excluding hydrogens is 358 g/mol. The fourth-order valence-electron chi connectivity index (χ4n) is 2.60. The molecule has 1 amide bonds. The molecule has 0 fully saturated rings. The molecule has 3 rings (SSSR count). The van der Waals surface area contributed by atoms with Crippen molar-refractivity contribution in [3.63, 3.8) is 0 Å². The molecule has 0 saturated carbocycles. The molecule has 26 heavy (non-hydrogen) atoms. The largest absolute Gasteiger partial charge is 0.477 e. The lowest BCUT2D eigenvalue weighted by molar-refractivity contribution is -0.120. The Balaban J connectivity index is 1.85. The second-order valence-electron chi connectivity index (χ2n) is 5.66. The van der Waals surface area contributed by atoms with E-state index in [1.807, 2.05) is 0 Å². The normalized spacial score (nSPS) is 10.7. The predicted molar refractivity (Wildman–Crippen MR) is 96.3 cm³/mol. The summed E-state index contributed by atoms with van der Waals surface area (Å²) in [7, 11) is 0. The van der Waals surface area contributed by atoms with Gasteiger partial charge in [-0.1, -0.05) is 17.7 Å². The summed E-state index contributed by atoms with van der Waals surface area (Å²) in [6, 6.07) is 7.98. The number of aromatic carboxylic acids is 1. The van der Waals surface area contributed by atoms with E-state index in [9.17, 15) is 14.4 Å². The number of carboxylic acid groups (broad SMARTS) is 1. The highest BCUT2D eigenvalue weighted by molar-refractivity contribution is 6.31. The van der Waals surface area contributed by atoms with E-state index in [4.69, 9.17) is 16.7 Å². The average molecular weight is 372 g/mol. The van der Waals surface area contributed by atoms with Gasteiger partial charge < -0.3 is 15.4 Å². The van der Waals surface area contributed by atoms with Crippen LogP contribution in [0.2, 0.25) is 5.02 Å². The van der Waals surface area contributed by atoms with Gasteiger partial charge in [-0.3, -0.25) is 14.6 Å². The van der Waals surface area contributed by atoms with Gasteiger partial charge in [0.05, 0.1) is 11.9 Å². The Morgan fingerprint density at radius 1 is 1.27 bits per heavy atom. The van der Waals surface area contributed by atoms with Crippen molar-refractivity contribution in [1.82, 2.24) is 15.3 Å². The van der Waals surface area contributed by atoms with Crippen molar-refractivity contribution in [2.45, 2.75) is 13.0 Å². The maximum Gasteiger partial charge on any atom is 0.341 e. The van der Waals surface area contributed by atoms with Crippen molar-refractivity contribution in [3.05, 3.63) is 74.8 Å². The van der Waals surface area contributed by atoms with Crippen LogP contribution >= 0.6 is 11.6 Å². The van der Waals surface area contributed by atoms with Gasteiger partial charge in [-0.15, -0.1) is 0 Å². The van der Waals surface area contributed by atoms with Gasteiger partial charge in [0.25, 0.3) is 5.56 Å². The van der Waals surface area contributed by atoms with Crippen LogP contribution in [-0.2, 0) is 17.8 Å². The number of nitrogens with zero attached hydrogens (tertiary/aromatic N) is 1. The SMILES string of the molecule is O=C(Cc1cccnc1)NCc1cc(Cl)cc2cc(C(=O)O)c(=O)[nH]c12. The Labute approximate surface area is 152 Å². The number of hydrogen-bond acceptors (Lipinski definition) is 4. The van der Waals surface area contributed by atoms with Crippen molar-refractivity contribution < 1.29 is 14.7 Å². The minimum absolute atomic E-state index is 0.137. The molecule has 0 aliphatic heterocycles. The Morgan fingerprint density at radius 2 is 2.08 bits per heavy atom. The molecule has 132 valence electrons. The molecule has 0 atom stereocenters. The van der Waals surface area contributed by atoms with Crippen molar-refractivity contribution in [2.75, 3.05) is 0 Å². The number of rotatable bonds is 5. The van der Waals surface area contributed by atoms with Crippen LogP contribution in [-0.4, -0.2) is 27.0 Å². The third-order valence-corrected chi connectivity index (χ3v) is 4.01. The van der Waals surface area contributed by atoms with Crippen LogP contribution in [0, 0.1) is 0 Å². The van der Waals surface area contributed by atoms with Crippen molar-refractivity contribution in [1.29, 1.82) is 0 Å². The molecule has 0 spiro atoms. The van der Waals surface area contributed by atoms with Crippen LogP contribution in [0.15, 0.2) is 47.5 Å². The molecule has 1 aromatic carbocycles. The smallest absolute Gasteiger partial charge is 0.341 e. The first-order valence-electron chi connectivity index (χ1n) is 7.68. The van der Waals surface area contributed by atoms with Crippen LogP contribution in [0.25, 0.3) is 10.9 Å². The lowest BCUT2D eigenvalue weighted by atomic mass is 10.1. The number of benzene rings is 1. The minimum Gasteiger partial charge on any atom is -0.477 e. The number of hydrogen-bond donors (Lipinski definition) is 3. The number of carbonyl (C=O) groups is 2. The minimum atomic E-state index is -1.32. The van der Waals surface area contributed by atoms with Crippen LogP contribution in [0.1, 0.15) is 21.5 Å². The Kier molecular flexibility index (Phi) is 4.99. The summed E-state index contributed by atoms with van der Waals surface area (Å²) in [6.07, 6.45) is 3.41. The van der Waals surface area contributed by atoms with E-state index in [0.717, 1.165) is 5.56 Å². The first-order valence-corrected chi connectivity index (χ1v) is 8.06. The van der Waals surface area contributed by atoms with E-state index >= 15 is 0 Å². The molecule has 0 unspecified atom stereocenters. The van der Waals surface area contributed by atoms with Crippen molar-refractivity contribution in [2.24, 2.45) is 0 Å². The number of aromatic amines is 1. The summed E-state index contributed by atoms with van der Waals surface area (Å²) in [5.41, 5.74) is 0.717. The summed E-state index contributed by atoms with van der Waals surface area (Å²) in [6.45, 7) is 0.137. The summed E-state index contributed by atoms with van der Waals surface area (Å²) in [5.74, 6) is -1.53. The maximum atomic E-state index is 12.1. The zero-order valence-electron chi connectivity index (χ0n) is 13.5. The monoisotopic (exact) mass is 371 g/mol. The fraction of sp³-hybridized carbons (Fsp3) is 0.111. The first-order chi connectivity index (χ1) is 12.4. The van der Waals surface area contributed by atoms with Crippen LogP contribution in [0.3, 0.4) is 0 Å². The third-order valence-electron chi connectivity index (χ3n) is 3.79. The molecular formula is C18H14ClN3O4. The number of halogens is 1. The Bertz CT molecular complexity index is 1050. The molecule has 3 aromatic rings. The quantitative estimate of drug-likeness (QED) is 0.636. The van der Waals surface area contributed by atoms with Gasteiger partial charge in [-0.25, -0.2) is 4.79 Å². The lowest BCUT2D eigenvalue weighted by Crippen LogP contribution is -2.25. The second kappa shape index (κ2) is 7.37. The van der Waals surface area contributed by atoms with Crippen LogP contribution in [0.5, 0.6) is 0 Å². The van der Waals surface area contributed by atoms with E-state index in [-0.39, 0.29) is 24.4 Å². The molecule has 7 nitrogen and oxygen atoms in total. The number of fused-ring (bicyclic) bond motifs is 1. The maximum absolute atomic E-state index is 12.1. The summed E-state index contributed by atoms with van der Waals surface area (Å²) < 4.78 is 0. The van der Waals surface area contributed by atoms with Crippen LogP contribution in [0.4, 0.5) is 0 Å². The molecule has 2 aromatic heterocycles. The average Bonchev–Trinajstić information content (AvgIpc) is 2.60. The molecule has 8 heteroatoms. The highest BCUT2D eigenvalue weighted by Crippen LogP contribution is 2.22. The molecule has 0 aliphatic rings. The van der Waals surface area contributed by atoms with E-state index in [2.05, 4.69) is 15.3 Å². The molecule has 3 N–H and O–H groups in total. The van der Waals surface area contributed by atoms with Crippen molar-refractivity contribution in [3.8, 4) is 0 Å². The van der Waals surface area contributed by atoms with Crippen LogP contribution < -0.4 is 10.9 Å². The summed E-state index contributed by atoms with van der Waals surface area (Å²) in [5, 5.41) is 12.7.